The molecule has 1 atom stereocenters. The summed E-state index contributed by atoms with van der Waals surface area (Å²) in [5.41, 5.74) is 2.79. The molecule has 3 heterocycles. The van der Waals surface area contributed by atoms with E-state index in [1.807, 2.05) is 32.0 Å². The van der Waals surface area contributed by atoms with E-state index in [0.29, 0.717) is 36.8 Å². The molecule has 1 unspecified atom stereocenters. The summed E-state index contributed by atoms with van der Waals surface area (Å²) < 4.78 is 5.73. The van der Waals surface area contributed by atoms with Gasteiger partial charge in [-0.2, -0.15) is 0 Å². The number of carbonyl (C=O) groups excluding carboxylic acids is 2. The lowest BCUT2D eigenvalue weighted by molar-refractivity contribution is 0.0958. The van der Waals surface area contributed by atoms with Crippen LogP contribution < -0.4 is 19.9 Å². The van der Waals surface area contributed by atoms with Crippen molar-refractivity contribution < 1.29 is 14.3 Å². The predicted octanol–water partition coefficient (Wildman–Crippen LogP) is 2.35. The van der Waals surface area contributed by atoms with E-state index in [1.165, 1.54) is 0 Å². The van der Waals surface area contributed by atoms with Gasteiger partial charge in [0.15, 0.2) is 0 Å². The van der Waals surface area contributed by atoms with Crippen LogP contribution in [-0.2, 0) is 0 Å². The minimum Gasteiger partial charge on any atom is -0.471 e. The number of pyridine rings is 1. The van der Waals surface area contributed by atoms with E-state index >= 15 is 0 Å². The molecular weight excluding hydrogens is 332 g/mol. The molecule has 0 bridgehead atoms. The lowest BCUT2D eigenvalue weighted by Crippen LogP contribution is -2.43. The molecule has 2 aromatic rings. The van der Waals surface area contributed by atoms with Crippen LogP contribution in [0.4, 0.5) is 16.2 Å². The Hall–Kier alpha value is -3.09. The van der Waals surface area contributed by atoms with Gasteiger partial charge < -0.3 is 10.1 Å². The normalized spacial score (nSPS) is 19.0. The summed E-state index contributed by atoms with van der Waals surface area (Å²) in [5.74, 6) is 0.348. The third-order valence-electron chi connectivity index (χ3n) is 4.72. The second kappa shape index (κ2) is 6.33. The number of benzene rings is 1. The van der Waals surface area contributed by atoms with Crippen LogP contribution in [0.5, 0.6) is 5.88 Å². The van der Waals surface area contributed by atoms with Crippen molar-refractivity contribution in [2.45, 2.75) is 20.0 Å². The Morgan fingerprint density at radius 3 is 2.85 bits per heavy atom. The smallest absolute Gasteiger partial charge is 0.322 e. The van der Waals surface area contributed by atoms with E-state index in [0.717, 1.165) is 11.3 Å². The zero-order valence-corrected chi connectivity index (χ0v) is 14.7. The number of hydrogen-bond donors (Lipinski definition) is 1. The van der Waals surface area contributed by atoms with Crippen molar-refractivity contribution in [1.82, 2.24) is 10.3 Å². The maximum absolute atomic E-state index is 13.3. The average molecular weight is 352 g/mol. The molecule has 134 valence electrons. The van der Waals surface area contributed by atoms with Gasteiger partial charge in [0.2, 0.25) is 5.88 Å². The molecule has 1 saturated heterocycles. The number of fused-ring (bicyclic) bond motifs is 1. The Morgan fingerprint density at radius 2 is 2.08 bits per heavy atom. The molecule has 0 saturated carbocycles. The van der Waals surface area contributed by atoms with Gasteiger partial charge in [0.25, 0.3) is 5.91 Å². The van der Waals surface area contributed by atoms with Crippen LogP contribution in [0.15, 0.2) is 36.5 Å². The number of nitrogens with zero attached hydrogens (tertiary/aromatic N) is 3. The summed E-state index contributed by atoms with van der Waals surface area (Å²) >= 11 is 0. The largest absolute Gasteiger partial charge is 0.471 e. The number of carbonyl (C=O) groups is 2. The highest BCUT2D eigenvalue weighted by molar-refractivity contribution is 6.09. The lowest BCUT2D eigenvalue weighted by Gasteiger charge is -2.33. The summed E-state index contributed by atoms with van der Waals surface area (Å²) in [6.07, 6.45) is 1.51. The second-order valence-electron chi connectivity index (χ2n) is 6.51. The van der Waals surface area contributed by atoms with Crippen LogP contribution in [0.3, 0.4) is 0 Å². The first kappa shape index (κ1) is 16.4. The van der Waals surface area contributed by atoms with Crippen molar-refractivity contribution in [3.05, 3.63) is 47.7 Å². The molecule has 4 rings (SSSR count). The Bertz CT molecular complexity index is 883. The van der Waals surface area contributed by atoms with E-state index in [2.05, 4.69) is 10.3 Å². The standard InChI is InChI=1S/C19H20N4O3/c1-12-11-23(16-7-4-8-20-17(16)26-12)18(24)14-5-3-6-15(13(14)2)22-10-9-21-19(22)25/h3-8,12H,9-11H2,1-2H3,(H,21,25). The first-order valence-electron chi connectivity index (χ1n) is 8.65. The molecule has 1 aromatic heterocycles. The lowest BCUT2D eigenvalue weighted by atomic mass is 10.0. The Labute approximate surface area is 151 Å². The fraction of sp³-hybridized carbons (Fsp3) is 0.316. The van der Waals surface area contributed by atoms with Gasteiger partial charge in [-0.1, -0.05) is 6.07 Å². The van der Waals surface area contributed by atoms with E-state index in [4.69, 9.17) is 4.74 Å². The van der Waals surface area contributed by atoms with Gasteiger partial charge in [-0.05, 0) is 43.7 Å². The zero-order chi connectivity index (χ0) is 18.3. The van der Waals surface area contributed by atoms with Gasteiger partial charge in [0.1, 0.15) is 11.8 Å². The van der Waals surface area contributed by atoms with Crippen molar-refractivity contribution in [2.75, 3.05) is 29.4 Å². The fourth-order valence-electron chi connectivity index (χ4n) is 3.45. The van der Waals surface area contributed by atoms with Crippen LogP contribution in [0.25, 0.3) is 0 Å². The number of amides is 3. The van der Waals surface area contributed by atoms with Crippen LogP contribution in [0.1, 0.15) is 22.8 Å². The molecule has 2 aliphatic rings. The summed E-state index contributed by atoms with van der Waals surface area (Å²) in [6, 6.07) is 8.97. The van der Waals surface area contributed by atoms with Crippen molar-refractivity contribution in [3.8, 4) is 5.88 Å². The topological polar surface area (TPSA) is 74.8 Å². The average Bonchev–Trinajstić information content (AvgIpc) is 3.06. The summed E-state index contributed by atoms with van der Waals surface area (Å²) in [4.78, 5) is 32.9. The van der Waals surface area contributed by atoms with Crippen molar-refractivity contribution >= 4 is 23.3 Å². The molecule has 3 amide bonds. The van der Waals surface area contributed by atoms with Crippen LogP contribution in [0, 0.1) is 6.92 Å². The molecule has 0 spiro atoms. The van der Waals surface area contributed by atoms with Gasteiger partial charge in [0.05, 0.1) is 6.54 Å². The van der Waals surface area contributed by atoms with E-state index in [9.17, 15) is 9.59 Å². The summed E-state index contributed by atoms with van der Waals surface area (Å²) in [7, 11) is 0. The maximum Gasteiger partial charge on any atom is 0.322 e. The number of urea groups is 1. The van der Waals surface area contributed by atoms with Crippen LogP contribution >= 0.6 is 0 Å². The Kier molecular flexibility index (Phi) is 3.99. The SMILES string of the molecule is Cc1c(C(=O)N2CC(C)Oc3ncccc32)cccc1N1CCNC1=O. The second-order valence-corrected chi connectivity index (χ2v) is 6.51. The highest BCUT2D eigenvalue weighted by atomic mass is 16.5. The fourth-order valence-corrected chi connectivity index (χ4v) is 3.45. The number of aromatic nitrogens is 1. The minimum absolute atomic E-state index is 0.117. The molecule has 1 fully saturated rings. The van der Waals surface area contributed by atoms with Crippen molar-refractivity contribution in [3.63, 3.8) is 0 Å². The van der Waals surface area contributed by atoms with Gasteiger partial charge >= 0.3 is 6.03 Å². The number of anilines is 2. The monoisotopic (exact) mass is 352 g/mol. The summed E-state index contributed by atoms with van der Waals surface area (Å²) in [5, 5.41) is 2.79. The Morgan fingerprint density at radius 1 is 1.27 bits per heavy atom. The number of nitrogens with one attached hydrogen (secondary N) is 1. The zero-order valence-electron chi connectivity index (χ0n) is 14.7. The third-order valence-corrected chi connectivity index (χ3v) is 4.72. The highest BCUT2D eigenvalue weighted by Crippen LogP contribution is 2.33. The number of ether oxygens (including phenoxy) is 1. The van der Waals surface area contributed by atoms with Gasteiger partial charge in [-0.15, -0.1) is 0 Å². The van der Waals surface area contributed by atoms with Crippen LogP contribution in [-0.4, -0.2) is 42.7 Å². The molecule has 1 N–H and O–H groups in total. The number of hydrogen-bond acceptors (Lipinski definition) is 4. The van der Waals surface area contributed by atoms with E-state index in [1.54, 1.807) is 28.1 Å². The molecule has 26 heavy (non-hydrogen) atoms. The first-order chi connectivity index (χ1) is 12.6. The minimum atomic E-state index is -0.144. The molecule has 1 aromatic carbocycles. The molecule has 0 radical (unpaired) electrons. The molecule has 2 aliphatic heterocycles. The van der Waals surface area contributed by atoms with E-state index in [-0.39, 0.29) is 18.0 Å². The first-order valence-corrected chi connectivity index (χ1v) is 8.65. The Balaban J connectivity index is 1.72. The van der Waals surface area contributed by atoms with Crippen LogP contribution in [0.2, 0.25) is 0 Å². The van der Waals surface area contributed by atoms with Gasteiger partial charge in [-0.25, -0.2) is 9.78 Å². The molecule has 7 heteroatoms. The van der Waals surface area contributed by atoms with Crippen molar-refractivity contribution in [1.29, 1.82) is 0 Å². The quantitative estimate of drug-likeness (QED) is 0.900. The highest BCUT2D eigenvalue weighted by Gasteiger charge is 2.31. The molecular formula is C19H20N4O3. The van der Waals surface area contributed by atoms with E-state index < -0.39 is 0 Å². The number of rotatable bonds is 2. The van der Waals surface area contributed by atoms with Gasteiger partial charge in [0, 0.05) is 30.5 Å². The maximum atomic E-state index is 13.3. The molecule has 7 nitrogen and oxygen atoms in total. The predicted molar refractivity (Wildman–Crippen MR) is 97.9 cm³/mol. The third kappa shape index (κ3) is 2.65. The summed E-state index contributed by atoms with van der Waals surface area (Å²) in [6.45, 7) is 5.44. The van der Waals surface area contributed by atoms with Gasteiger partial charge in [-0.3, -0.25) is 14.6 Å². The van der Waals surface area contributed by atoms with Crippen molar-refractivity contribution in [2.24, 2.45) is 0 Å². The molecule has 0 aliphatic carbocycles.